The lowest BCUT2D eigenvalue weighted by molar-refractivity contribution is 0.347. The number of anilines is 1. The first-order valence-corrected chi connectivity index (χ1v) is 6.44. The van der Waals surface area contributed by atoms with Crippen LogP contribution in [0.5, 0.6) is 0 Å². The van der Waals surface area contributed by atoms with E-state index in [1.54, 1.807) is 0 Å². The third kappa shape index (κ3) is 3.13. The largest absolute Gasteiger partial charge is 0.378 e. The SMILES string of the molecule is CC(C)(C)C(Nc1ccccc1)c1ccccc1. The van der Waals surface area contributed by atoms with E-state index in [0.29, 0.717) is 6.04 Å². The van der Waals surface area contributed by atoms with Crippen LogP contribution in [0.1, 0.15) is 32.4 Å². The van der Waals surface area contributed by atoms with E-state index in [1.165, 1.54) is 11.3 Å². The van der Waals surface area contributed by atoms with Crippen LogP contribution < -0.4 is 5.32 Å². The predicted molar refractivity (Wildman–Crippen MR) is 78.7 cm³/mol. The molecule has 2 aromatic rings. The zero-order valence-corrected chi connectivity index (χ0v) is 11.4. The van der Waals surface area contributed by atoms with E-state index in [1.807, 2.05) is 6.07 Å². The molecule has 2 rings (SSSR count). The van der Waals surface area contributed by atoms with Gasteiger partial charge in [-0.1, -0.05) is 69.3 Å². The summed E-state index contributed by atoms with van der Waals surface area (Å²) in [5, 5.41) is 3.64. The fraction of sp³-hybridized carbons (Fsp3) is 0.294. The fourth-order valence-electron chi connectivity index (χ4n) is 2.15. The van der Waals surface area contributed by atoms with Gasteiger partial charge in [0.2, 0.25) is 0 Å². The summed E-state index contributed by atoms with van der Waals surface area (Å²) in [4.78, 5) is 0. The van der Waals surface area contributed by atoms with Crippen molar-refractivity contribution in [1.82, 2.24) is 0 Å². The minimum atomic E-state index is 0.164. The molecule has 0 amide bonds. The van der Waals surface area contributed by atoms with Crippen LogP contribution in [0.2, 0.25) is 0 Å². The second kappa shape index (κ2) is 5.26. The third-order valence-electron chi connectivity index (χ3n) is 3.08. The summed E-state index contributed by atoms with van der Waals surface area (Å²) in [5.74, 6) is 0. The number of para-hydroxylation sites is 1. The summed E-state index contributed by atoms with van der Waals surface area (Å²) in [7, 11) is 0. The molecule has 1 atom stereocenters. The zero-order chi connectivity index (χ0) is 13.0. The van der Waals surface area contributed by atoms with Gasteiger partial charge in [-0.05, 0) is 23.1 Å². The Kier molecular flexibility index (Phi) is 3.71. The molecule has 0 spiro atoms. The van der Waals surface area contributed by atoms with Crippen molar-refractivity contribution in [3.8, 4) is 0 Å². The smallest absolute Gasteiger partial charge is 0.0562 e. The van der Waals surface area contributed by atoms with Crippen LogP contribution in [0, 0.1) is 5.41 Å². The normalized spacial score (nSPS) is 13.1. The second-order valence-corrected chi connectivity index (χ2v) is 5.72. The van der Waals surface area contributed by atoms with Crippen LogP contribution in [-0.2, 0) is 0 Å². The van der Waals surface area contributed by atoms with Crippen LogP contribution in [0.4, 0.5) is 5.69 Å². The van der Waals surface area contributed by atoms with Gasteiger partial charge in [0, 0.05) is 5.69 Å². The van der Waals surface area contributed by atoms with Gasteiger partial charge < -0.3 is 5.32 Å². The summed E-state index contributed by atoms with van der Waals surface area (Å²) in [6.07, 6.45) is 0. The second-order valence-electron chi connectivity index (χ2n) is 5.72. The number of benzene rings is 2. The minimum absolute atomic E-state index is 0.164. The molecule has 1 nitrogen and oxygen atoms in total. The number of nitrogens with one attached hydrogen (secondary N) is 1. The molecule has 1 N–H and O–H groups in total. The first-order valence-electron chi connectivity index (χ1n) is 6.44. The lowest BCUT2D eigenvalue weighted by Gasteiger charge is -2.33. The fourth-order valence-corrected chi connectivity index (χ4v) is 2.15. The topological polar surface area (TPSA) is 12.0 Å². The van der Waals surface area contributed by atoms with Crippen molar-refractivity contribution in [2.75, 3.05) is 5.32 Å². The number of rotatable bonds is 3. The van der Waals surface area contributed by atoms with Gasteiger partial charge in [0.1, 0.15) is 0 Å². The lowest BCUT2D eigenvalue weighted by atomic mass is 9.82. The third-order valence-corrected chi connectivity index (χ3v) is 3.08. The van der Waals surface area contributed by atoms with Crippen molar-refractivity contribution in [3.05, 3.63) is 66.2 Å². The van der Waals surface area contributed by atoms with Crippen LogP contribution in [-0.4, -0.2) is 0 Å². The van der Waals surface area contributed by atoms with Crippen LogP contribution in [0.15, 0.2) is 60.7 Å². The summed E-state index contributed by atoms with van der Waals surface area (Å²) in [5.41, 5.74) is 2.66. The molecule has 18 heavy (non-hydrogen) atoms. The van der Waals surface area contributed by atoms with Gasteiger partial charge in [-0.15, -0.1) is 0 Å². The first-order chi connectivity index (χ1) is 8.57. The number of hydrogen-bond acceptors (Lipinski definition) is 1. The molecule has 2 aromatic carbocycles. The van der Waals surface area contributed by atoms with Crippen molar-refractivity contribution < 1.29 is 0 Å². The molecule has 0 saturated heterocycles. The molecule has 0 aromatic heterocycles. The average Bonchev–Trinajstić information content (AvgIpc) is 2.37. The van der Waals surface area contributed by atoms with E-state index in [4.69, 9.17) is 0 Å². The van der Waals surface area contributed by atoms with Gasteiger partial charge in [-0.3, -0.25) is 0 Å². The van der Waals surface area contributed by atoms with E-state index in [2.05, 4.69) is 80.7 Å². The minimum Gasteiger partial charge on any atom is -0.378 e. The van der Waals surface area contributed by atoms with Crippen molar-refractivity contribution in [2.24, 2.45) is 5.41 Å². The molecule has 0 aliphatic heterocycles. The Morgan fingerprint density at radius 3 is 1.78 bits per heavy atom. The summed E-state index contributed by atoms with van der Waals surface area (Å²) < 4.78 is 0. The van der Waals surface area contributed by atoms with E-state index in [9.17, 15) is 0 Å². The van der Waals surface area contributed by atoms with Gasteiger partial charge in [-0.2, -0.15) is 0 Å². The highest BCUT2D eigenvalue weighted by Gasteiger charge is 2.25. The molecule has 0 aliphatic rings. The molecule has 1 heteroatoms. The highest BCUT2D eigenvalue weighted by Crippen LogP contribution is 2.35. The summed E-state index contributed by atoms with van der Waals surface area (Å²) >= 11 is 0. The van der Waals surface area contributed by atoms with E-state index in [-0.39, 0.29) is 5.41 Å². The molecule has 0 radical (unpaired) electrons. The molecule has 94 valence electrons. The van der Waals surface area contributed by atoms with Gasteiger partial charge in [-0.25, -0.2) is 0 Å². The van der Waals surface area contributed by atoms with E-state index >= 15 is 0 Å². The van der Waals surface area contributed by atoms with Crippen LogP contribution in [0.25, 0.3) is 0 Å². The standard InChI is InChI=1S/C17H21N/c1-17(2,3)16(14-10-6-4-7-11-14)18-15-12-8-5-9-13-15/h4-13,16,18H,1-3H3. The number of hydrogen-bond donors (Lipinski definition) is 1. The van der Waals surface area contributed by atoms with Gasteiger partial charge in [0.15, 0.2) is 0 Å². The Balaban J connectivity index is 2.28. The molecular formula is C17H21N. The first kappa shape index (κ1) is 12.7. The van der Waals surface area contributed by atoms with Crippen LogP contribution >= 0.6 is 0 Å². The van der Waals surface area contributed by atoms with E-state index in [0.717, 1.165) is 0 Å². The Morgan fingerprint density at radius 2 is 1.28 bits per heavy atom. The Hall–Kier alpha value is -1.76. The monoisotopic (exact) mass is 239 g/mol. The molecule has 0 aliphatic carbocycles. The average molecular weight is 239 g/mol. The molecule has 0 fully saturated rings. The summed E-state index contributed by atoms with van der Waals surface area (Å²) in [6.45, 7) is 6.79. The van der Waals surface area contributed by atoms with Gasteiger partial charge in [0.25, 0.3) is 0 Å². The molecule has 0 heterocycles. The Bertz CT molecular complexity index is 468. The molecule has 0 saturated carbocycles. The maximum atomic E-state index is 3.64. The predicted octanol–water partition coefficient (Wildman–Crippen LogP) is 4.89. The molecule has 1 unspecified atom stereocenters. The van der Waals surface area contributed by atoms with E-state index < -0.39 is 0 Å². The van der Waals surface area contributed by atoms with Crippen molar-refractivity contribution >= 4 is 5.69 Å². The quantitative estimate of drug-likeness (QED) is 0.804. The zero-order valence-electron chi connectivity index (χ0n) is 11.4. The van der Waals surface area contributed by atoms with Gasteiger partial charge in [0.05, 0.1) is 6.04 Å². The Labute approximate surface area is 110 Å². The Morgan fingerprint density at radius 1 is 0.778 bits per heavy atom. The maximum absolute atomic E-state index is 3.64. The van der Waals surface area contributed by atoms with Crippen molar-refractivity contribution in [1.29, 1.82) is 0 Å². The molecule has 0 bridgehead atoms. The van der Waals surface area contributed by atoms with Crippen molar-refractivity contribution in [3.63, 3.8) is 0 Å². The summed E-state index contributed by atoms with van der Waals surface area (Å²) in [6, 6.07) is 21.3. The maximum Gasteiger partial charge on any atom is 0.0562 e. The van der Waals surface area contributed by atoms with Gasteiger partial charge >= 0.3 is 0 Å². The molecular weight excluding hydrogens is 218 g/mol. The van der Waals surface area contributed by atoms with Crippen LogP contribution in [0.3, 0.4) is 0 Å². The lowest BCUT2D eigenvalue weighted by Crippen LogP contribution is -2.25. The highest BCUT2D eigenvalue weighted by molar-refractivity contribution is 5.45. The van der Waals surface area contributed by atoms with Crippen molar-refractivity contribution in [2.45, 2.75) is 26.8 Å². The highest BCUT2D eigenvalue weighted by atomic mass is 14.9.